The normalized spacial score (nSPS) is 11.7. The Labute approximate surface area is 94.9 Å². The Balaban J connectivity index is 0.00000196. The average molecular weight is 231 g/mol. The van der Waals surface area contributed by atoms with Gasteiger partial charge in [-0.3, -0.25) is 4.98 Å². The highest BCUT2D eigenvalue weighted by molar-refractivity contribution is 5.85. The highest BCUT2D eigenvalue weighted by Gasteiger charge is 2.15. The first kappa shape index (κ1) is 13.9. The van der Waals surface area contributed by atoms with Crippen LogP contribution in [0, 0.1) is 6.92 Å². The largest absolute Gasteiger partial charge is 0.506 e. The van der Waals surface area contributed by atoms with E-state index >= 15 is 0 Å². The van der Waals surface area contributed by atoms with E-state index in [2.05, 4.69) is 11.6 Å². The zero-order chi connectivity index (χ0) is 10.7. The van der Waals surface area contributed by atoms with Gasteiger partial charge in [-0.15, -0.1) is 19.0 Å². The molecule has 0 saturated heterocycles. The lowest BCUT2D eigenvalue weighted by molar-refractivity contribution is 0.278. The highest BCUT2D eigenvalue weighted by atomic mass is 35.5. The van der Waals surface area contributed by atoms with Crippen LogP contribution < -0.4 is 5.73 Å². The Kier molecular flexibility index (Phi) is 5.28. The number of aliphatic hydroxyl groups is 1. The van der Waals surface area contributed by atoms with Crippen LogP contribution in [0.5, 0.6) is 5.75 Å². The third-order valence-electron chi connectivity index (χ3n) is 2.12. The van der Waals surface area contributed by atoms with Gasteiger partial charge >= 0.3 is 0 Å². The molecule has 0 spiro atoms. The Morgan fingerprint density at radius 2 is 2.27 bits per heavy atom. The molecule has 84 valence electrons. The molecule has 15 heavy (non-hydrogen) atoms. The first-order valence-electron chi connectivity index (χ1n) is 4.28. The summed E-state index contributed by atoms with van der Waals surface area (Å²) in [7, 11) is 0. The lowest BCUT2D eigenvalue weighted by atomic mass is 10.0. The molecule has 0 aliphatic rings. The molecule has 0 bridgehead atoms. The molecule has 1 aromatic heterocycles. The third kappa shape index (κ3) is 2.68. The summed E-state index contributed by atoms with van der Waals surface area (Å²) < 4.78 is 0. The van der Waals surface area contributed by atoms with E-state index in [1.165, 1.54) is 12.3 Å². The highest BCUT2D eigenvalue weighted by Crippen LogP contribution is 2.28. The number of nitrogens with zero attached hydrogens (tertiary/aromatic N) is 1. The summed E-state index contributed by atoms with van der Waals surface area (Å²) in [5, 5.41) is 18.7. The predicted molar refractivity (Wildman–Crippen MR) is 60.9 cm³/mol. The molecule has 1 atom stereocenters. The van der Waals surface area contributed by atoms with E-state index in [9.17, 15) is 5.11 Å². The van der Waals surface area contributed by atoms with Crippen molar-refractivity contribution >= 4 is 12.4 Å². The molecule has 0 saturated carbocycles. The minimum atomic E-state index is -0.487. The molecule has 4 nitrogen and oxygen atoms in total. The van der Waals surface area contributed by atoms with E-state index < -0.39 is 6.04 Å². The number of halogens is 1. The van der Waals surface area contributed by atoms with Crippen molar-refractivity contribution in [2.75, 3.05) is 0 Å². The Morgan fingerprint density at radius 1 is 1.67 bits per heavy atom. The second-order valence-corrected chi connectivity index (χ2v) is 3.05. The van der Waals surface area contributed by atoms with Crippen LogP contribution in [0.3, 0.4) is 0 Å². The molecule has 0 aromatic carbocycles. The number of hydrogen-bond acceptors (Lipinski definition) is 4. The summed E-state index contributed by atoms with van der Waals surface area (Å²) in [6, 6.07) is -0.487. The molecule has 0 aliphatic carbocycles. The van der Waals surface area contributed by atoms with Gasteiger partial charge in [-0.2, -0.15) is 0 Å². The zero-order valence-corrected chi connectivity index (χ0v) is 9.29. The van der Waals surface area contributed by atoms with Crippen molar-refractivity contribution in [2.24, 2.45) is 5.73 Å². The molecule has 1 rings (SSSR count). The predicted octanol–water partition coefficient (Wildman–Crippen LogP) is 1.20. The molecule has 4 N–H and O–H groups in total. The number of rotatable bonds is 3. The first-order chi connectivity index (χ1) is 6.61. The number of aryl methyl sites for hydroxylation is 1. The van der Waals surface area contributed by atoms with Crippen molar-refractivity contribution < 1.29 is 10.2 Å². The van der Waals surface area contributed by atoms with E-state index in [1.807, 2.05) is 0 Å². The van der Waals surface area contributed by atoms with Gasteiger partial charge in [-0.25, -0.2) is 0 Å². The van der Waals surface area contributed by atoms with E-state index in [0.29, 0.717) is 16.8 Å². The van der Waals surface area contributed by atoms with E-state index in [1.54, 1.807) is 6.92 Å². The van der Waals surface area contributed by atoms with E-state index in [-0.39, 0.29) is 24.8 Å². The van der Waals surface area contributed by atoms with Crippen LogP contribution in [0.1, 0.15) is 22.9 Å². The van der Waals surface area contributed by atoms with Gasteiger partial charge in [0.15, 0.2) is 0 Å². The number of nitrogens with two attached hydrogens (primary N) is 1. The van der Waals surface area contributed by atoms with Gasteiger partial charge < -0.3 is 15.9 Å². The summed E-state index contributed by atoms with van der Waals surface area (Å²) in [6.07, 6.45) is 3.02. The monoisotopic (exact) mass is 230 g/mol. The van der Waals surface area contributed by atoms with Gasteiger partial charge in [0, 0.05) is 17.3 Å². The SMILES string of the molecule is C=C[C@@H](N)c1c(CO)cnc(C)c1O.Cl. The van der Waals surface area contributed by atoms with Crippen molar-refractivity contribution in [3.63, 3.8) is 0 Å². The molecule has 1 heterocycles. The number of hydrogen-bond donors (Lipinski definition) is 3. The average Bonchev–Trinajstić information content (AvgIpc) is 2.20. The quantitative estimate of drug-likeness (QED) is 0.682. The summed E-state index contributed by atoms with van der Waals surface area (Å²) in [5.74, 6) is 0.0314. The molecule has 1 aromatic rings. The smallest absolute Gasteiger partial charge is 0.142 e. The fourth-order valence-corrected chi connectivity index (χ4v) is 1.27. The second kappa shape index (κ2) is 5.70. The van der Waals surface area contributed by atoms with Crippen molar-refractivity contribution in [1.29, 1.82) is 0 Å². The van der Waals surface area contributed by atoms with Gasteiger partial charge in [0.25, 0.3) is 0 Å². The fourth-order valence-electron chi connectivity index (χ4n) is 1.27. The second-order valence-electron chi connectivity index (χ2n) is 3.05. The Hall–Kier alpha value is -1.10. The minimum Gasteiger partial charge on any atom is -0.506 e. The van der Waals surface area contributed by atoms with Crippen LogP contribution in [0.2, 0.25) is 0 Å². The van der Waals surface area contributed by atoms with Crippen molar-refractivity contribution in [2.45, 2.75) is 19.6 Å². The third-order valence-corrected chi connectivity index (χ3v) is 2.12. The van der Waals surface area contributed by atoms with Crippen LogP contribution in [-0.4, -0.2) is 15.2 Å². The van der Waals surface area contributed by atoms with Gasteiger partial charge in [-0.05, 0) is 6.92 Å². The molecule has 0 radical (unpaired) electrons. The molecule has 0 amide bonds. The lowest BCUT2D eigenvalue weighted by Gasteiger charge is -2.14. The van der Waals surface area contributed by atoms with Gasteiger partial charge in [0.05, 0.1) is 18.3 Å². The maximum atomic E-state index is 9.71. The minimum absolute atomic E-state index is 0. The molecular formula is C10H15ClN2O2. The van der Waals surface area contributed by atoms with Crippen LogP contribution in [0.25, 0.3) is 0 Å². The summed E-state index contributed by atoms with van der Waals surface area (Å²) >= 11 is 0. The van der Waals surface area contributed by atoms with Crippen molar-refractivity contribution in [1.82, 2.24) is 4.98 Å². The number of pyridine rings is 1. The Morgan fingerprint density at radius 3 is 2.73 bits per heavy atom. The maximum Gasteiger partial charge on any atom is 0.142 e. The molecule has 0 fully saturated rings. The molecule has 0 unspecified atom stereocenters. The van der Waals surface area contributed by atoms with Crippen LogP contribution in [0.4, 0.5) is 0 Å². The standard InChI is InChI=1S/C10H14N2O2.ClH/c1-3-8(11)9-7(5-13)4-12-6(2)10(9)14;/h3-4,8,13-14H,1,5,11H2,2H3;1H/t8-;/m1./s1. The van der Waals surface area contributed by atoms with Crippen molar-refractivity contribution in [3.8, 4) is 5.75 Å². The summed E-state index contributed by atoms with van der Waals surface area (Å²) in [6.45, 7) is 5.02. The van der Waals surface area contributed by atoms with Gasteiger partial charge in [0.1, 0.15) is 5.75 Å². The topological polar surface area (TPSA) is 79.4 Å². The van der Waals surface area contributed by atoms with Crippen molar-refractivity contribution in [3.05, 3.63) is 35.7 Å². The summed E-state index contributed by atoms with van der Waals surface area (Å²) in [4.78, 5) is 3.93. The maximum absolute atomic E-state index is 9.71. The molecule has 0 aliphatic heterocycles. The number of aliphatic hydroxyl groups excluding tert-OH is 1. The van der Waals surface area contributed by atoms with Gasteiger partial charge in [0.2, 0.25) is 0 Å². The van der Waals surface area contributed by atoms with Crippen LogP contribution >= 0.6 is 12.4 Å². The number of aromatic hydroxyl groups is 1. The van der Waals surface area contributed by atoms with E-state index in [4.69, 9.17) is 10.8 Å². The molecular weight excluding hydrogens is 216 g/mol. The summed E-state index contributed by atoms with van der Waals surface area (Å²) in [5.41, 5.74) is 7.24. The lowest BCUT2D eigenvalue weighted by Crippen LogP contribution is -2.11. The number of aromatic nitrogens is 1. The van der Waals surface area contributed by atoms with E-state index in [0.717, 1.165) is 0 Å². The Bertz CT molecular complexity index is 356. The van der Waals surface area contributed by atoms with Crippen LogP contribution in [-0.2, 0) is 6.61 Å². The molecule has 5 heteroatoms. The van der Waals surface area contributed by atoms with Gasteiger partial charge in [-0.1, -0.05) is 6.08 Å². The zero-order valence-electron chi connectivity index (χ0n) is 8.47. The first-order valence-corrected chi connectivity index (χ1v) is 4.28. The fraction of sp³-hybridized carbons (Fsp3) is 0.300. The van der Waals surface area contributed by atoms with Crippen LogP contribution in [0.15, 0.2) is 18.9 Å².